The van der Waals surface area contributed by atoms with Crippen LogP contribution in [0.5, 0.6) is 5.75 Å². The Balaban J connectivity index is 1.39. The summed E-state index contributed by atoms with van der Waals surface area (Å²) in [6, 6.07) is 12.7. The number of benzene rings is 1. The number of hydrogen-bond donors (Lipinski definition) is 2. The molecule has 0 spiro atoms. The van der Waals surface area contributed by atoms with E-state index < -0.39 is 15.9 Å². The van der Waals surface area contributed by atoms with Gasteiger partial charge in [-0.15, -0.1) is 0 Å². The van der Waals surface area contributed by atoms with Crippen molar-refractivity contribution >= 4 is 58.0 Å². The average Bonchev–Trinajstić information content (AvgIpc) is 2.78. The molecule has 1 aromatic heterocycles. The van der Waals surface area contributed by atoms with Crippen molar-refractivity contribution in [3.05, 3.63) is 64.1 Å². The lowest BCUT2D eigenvalue weighted by atomic mass is 9.83. The number of aromatic nitrogens is 1. The number of fused-ring (bicyclic) bond motifs is 4. The van der Waals surface area contributed by atoms with Crippen molar-refractivity contribution in [1.82, 2.24) is 20.1 Å². The van der Waals surface area contributed by atoms with E-state index in [-0.39, 0.29) is 24.0 Å². The molecule has 2 bridgehead atoms. The standard InChI is InChI=1S/C23H25Cl3N4O3S/c1-14-5-2-3-7-18(14)33-13-19(31)27-21(23(24,25)26)28-22(34)29-10-15-9-16(12-29)17-6-4-8-20(32)30(17)11-15/h2-8,15-16,21H,9-13H2,1H3,(H,27,31)(H,28,34)/t15-,16+,21+/m0/s1. The van der Waals surface area contributed by atoms with Crippen molar-refractivity contribution < 1.29 is 9.53 Å². The summed E-state index contributed by atoms with van der Waals surface area (Å²) >= 11 is 24.1. The first-order chi connectivity index (χ1) is 16.1. The molecule has 11 heteroatoms. The molecular weight excluding hydrogens is 519 g/mol. The SMILES string of the molecule is Cc1ccccc1OCC(=O)N[C@H](NC(=S)N1C[C@@H]2C[C@H](C1)c1cccc(=O)n1C2)C(Cl)(Cl)Cl. The van der Waals surface area contributed by atoms with Crippen LogP contribution in [-0.4, -0.2) is 50.1 Å². The molecule has 1 saturated heterocycles. The molecule has 2 aliphatic heterocycles. The van der Waals surface area contributed by atoms with Gasteiger partial charge in [0.15, 0.2) is 11.7 Å². The fourth-order valence-electron chi connectivity index (χ4n) is 4.54. The number of pyridine rings is 1. The number of carbonyl (C=O) groups is 1. The second-order valence-electron chi connectivity index (χ2n) is 8.65. The van der Waals surface area contributed by atoms with Crippen LogP contribution in [0.3, 0.4) is 0 Å². The van der Waals surface area contributed by atoms with Crippen molar-refractivity contribution in [2.45, 2.75) is 35.8 Å². The number of rotatable bonds is 5. The van der Waals surface area contributed by atoms with E-state index in [1.54, 1.807) is 18.2 Å². The van der Waals surface area contributed by atoms with Crippen molar-refractivity contribution in [1.29, 1.82) is 0 Å². The fraction of sp³-hybridized carbons (Fsp3) is 0.435. The van der Waals surface area contributed by atoms with Gasteiger partial charge in [0.1, 0.15) is 11.9 Å². The van der Waals surface area contributed by atoms with E-state index in [0.29, 0.717) is 30.5 Å². The zero-order valence-electron chi connectivity index (χ0n) is 18.5. The maximum atomic E-state index is 12.5. The minimum atomic E-state index is -1.85. The number of piperidine rings is 1. The summed E-state index contributed by atoms with van der Waals surface area (Å²) in [6.45, 7) is 3.59. The summed E-state index contributed by atoms with van der Waals surface area (Å²) in [5.41, 5.74) is 1.94. The van der Waals surface area contributed by atoms with Crippen LogP contribution < -0.4 is 20.9 Å². The molecule has 1 amide bonds. The van der Waals surface area contributed by atoms with E-state index >= 15 is 0 Å². The molecule has 2 aromatic rings. The van der Waals surface area contributed by atoms with Crippen molar-refractivity contribution in [2.24, 2.45) is 5.92 Å². The van der Waals surface area contributed by atoms with E-state index in [1.165, 1.54) is 0 Å². The van der Waals surface area contributed by atoms with E-state index in [0.717, 1.165) is 17.7 Å². The zero-order valence-corrected chi connectivity index (χ0v) is 21.6. The maximum absolute atomic E-state index is 12.5. The highest BCUT2D eigenvalue weighted by Crippen LogP contribution is 2.35. The van der Waals surface area contributed by atoms with Gasteiger partial charge >= 0.3 is 0 Å². The minimum absolute atomic E-state index is 0.0215. The molecule has 0 aliphatic carbocycles. The number of likely N-dealkylation sites (tertiary alicyclic amines) is 1. The van der Waals surface area contributed by atoms with E-state index in [1.807, 2.05) is 40.7 Å². The molecule has 0 saturated carbocycles. The first-order valence-electron chi connectivity index (χ1n) is 10.9. The Morgan fingerprint density at radius 2 is 1.91 bits per heavy atom. The van der Waals surface area contributed by atoms with Crippen LogP contribution in [0.15, 0.2) is 47.3 Å². The van der Waals surface area contributed by atoms with Gasteiger partial charge in [-0.1, -0.05) is 59.1 Å². The predicted octanol–water partition coefficient (Wildman–Crippen LogP) is 3.34. The van der Waals surface area contributed by atoms with Gasteiger partial charge < -0.3 is 24.8 Å². The maximum Gasteiger partial charge on any atom is 0.259 e. The summed E-state index contributed by atoms with van der Waals surface area (Å²) in [7, 11) is 0. The number of ether oxygens (including phenoxy) is 1. The number of nitrogens with one attached hydrogen (secondary N) is 2. The van der Waals surface area contributed by atoms with Gasteiger partial charge in [0.25, 0.3) is 11.5 Å². The van der Waals surface area contributed by atoms with Crippen LogP contribution in [0.2, 0.25) is 0 Å². The number of alkyl halides is 3. The Kier molecular flexibility index (Phi) is 7.62. The largest absolute Gasteiger partial charge is 0.484 e. The molecule has 1 fully saturated rings. The topological polar surface area (TPSA) is 75.6 Å². The monoisotopic (exact) mass is 542 g/mol. The molecule has 2 N–H and O–H groups in total. The number of halogens is 3. The number of para-hydroxylation sites is 1. The van der Waals surface area contributed by atoms with Gasteiger partial charge in [0.2, 0.25) is 3.79 Å². The van der Waals surface area contributed by atoms with Crippen LogP contribution in [0.25, 0.3) is 0 Å². The van der Waals surface area contributed by atoms with Crippen molar-refractivity contribution in [3.8, 4) is 5.75 Å². The van der Waals surface area contributed by atoms with Gasteiger partial charge in [0.05, 0.1) is 0 Å². The van der Waals surface area contributed by atoms with Gasteiger partial charge in [-0.3, -0.25) is 9.59 Å². The third-order valence-electron chi connectivity index (χ3n) is 6.12. The Bertz CT molecular complexity index is 1140. The van der Waals surface area contributed by atoms with Crippen LogP contribution in [0.4, 0.5) is 0 Å². The van der Waals surface area contributed by atoms with Crippen LogP contribution >= 0.6 is 47.0 Å². The minimum Gasteiger partial charge on any atom is -0.484 e. The summed E-state index contributed by atoms with van der Waals surface area (Å²) in [5, 5.41) is 6.03. The summed E-state index contributed by atoms with van der Waals surface area (Å²) < 4.78 is 5.59. The average molecular weight is 544 g/mol. The third kappa shape index (κ3) is 5.79. The lowest BCUT2D eigenvalue weighted by Crippen LogP contribution is -2.60. The predicted molar refractivity (Wildman–Crippen MR) is 138 cm³/mol. The number of amides is 1. The van der Waals surface area contributed by atoms with E-state index in [2.05, 4.69) is 10.6 Å². The van der Waals surface area contributed by atoms with Crippen LogP contribution in [0.1, 0.15) is 23.6 Å². The Morgan fingerprint density at radius 3 is 2.65 bits per heavy atom. The van der Waals surface area contributed by atoms with Crippen LogP contribution in [0, 0.1) is 12.8 Å². The van der Waals surface area contributed by atoms with Gasteiger partial charge in [-0.2, -0.15) is 0 Å². The molecule has 3 heterocycles. The zero-order chi connectivity index (χ0) is 24.5. The second kappa shape index (κ2) is 10.3. The lowest BCUT2D eigenvalue weighted by Gasteiger charge is -2.44. The molecular formula is C23H25Cl3N4O3S. The highest BCUT2D eigenvalue weighted by atomic mass is 35.6. The number of hydrogen-bond acceptors (Lipinski definition) is 4. The molecule has 1 aromatic carbocycles. The van der Waals surface area contributed by atoms with Gasteiger partial charge in [-0.25, -0.2) is 0 Å². The summed E-state index contributed by atoms with van der Waals surface area (Å²) in [6.07, 6.45) is -0.0710. The lowest BCUT2D eigenvalue weighted by molar-refractivity contribution is -0.123. The quantitative estimate of drug-likeness (QED) is 0.342. The first kappa shape index (κ1) is 25.1. The van der Waals surface area contributed by atoms with Gasteiger partial charge in [0, 0.05) is 37.3 Å². The second-order valence-corrected chi connectivity index (χ2v) is 11.4. The smallest absolute Gasteiger partial charge is 0.259 e. The van der Waals surface area contributed by atoms with E-state index in [4.69, 9.17) is 51.8 Å². The molecule has 4 rings (SSSR count). The van der Waals surface area contributed by atoms with E-state index in [9.17, 15) is 9.59 Å². The Morgan fingerprint density at radius 1 is 1.15 bits per heavy atom. The summed E-state index contributed by atoms with van der Waals surface area (Å²) in [4.78, 5) is 26.8. The highest BCUT2D eigenvalue weighted by Gasteiger charge is 2.38. The Hall–Kier alpha value is -2.00. The number of thiocarbonyl (C=S) groups is 1. The third-order valence-corrected chi connectivity index (χ3v) is 7.15. The molecule has 3 atom stereocenters. The van der Waals surface area contributed by atoms with Crippen molar-refractivity contribution in [2.75, 3.05) is 19.7 Å². The van der Waals surface area contributed by atoms with Crippen LogP contribution in [-0.2, 0) is 11.3 Å². The molecule has 2 aliphatic rings. The number of nitrogens with zero attached hydrogens (tertiary/aromatic N) is 2. The Labute approximate surface area is 218 Å². The molecule has 7 nitrogen and oxygen atoms in total. The molecule has 0 unspecified atom stereocenters. The summed E-state index contributed by atoms with van der Waals surface area (Å²) in [5.74, 6) is 0.586. The molecule has 0 radical (unpaired) electrons. The van der Waals surface area contributed by atoms with Crippen molar-refractivity contribution in [3.63, 3.8) is 0 Å². The molecule has 182 valence electrons. The number of carbonyl (C=O) groups excluding carboxylic acids is 1. The normalized spacial score (nSPS) is 20.2. The fourth-order valence-corrected chi connectivity index (χ4v) is 5.14. The molecule has 34 heavy (non-hydrogen) atoms. The first-order valence-corrected chi connectivity index (χ1v) is 12.5. The van der Waals surface area contributed by atoms with Gasteiger partial charge in [-0.05, 0) is 49.2 Å². The number of aryl methyl sites for hydroxylation is 1. The highest BCUT2D eigenvalue weighted by molar-refractivity contribution is 7.80.